The van der Waals surface area contributed by atoms with Gasteiger partial charge in [-0.1, -0.05) is 6.92 Å². The number of aliphatic hydroxyl groups is 1. The molecular weight excluding hydrogens is 252 g/mol. The van der Waals surface area contributed by atoms with E-state index < -0.39 is 11.6 Å². The van der Waals surface area contributed by atoms with E-state index in [2.05, 4.69) is 10.3 Å². The smallest absolute Gasteiger partial charge is 0.168 e. The normalized spacial score (nSPS) is 10.6. The molecule has 0 aliphatic carbocycles. The van der Waals surface area contributed by atoms with Gasteiger partial charge < -0.3 is 15.3 Å². The second-order valence-electron chi connectivity index (χ2n) is 4.21. The number of pyridine rings is 1. The van der Waals surface area contributed by atoms with Crippen LogP contribution in [0.1, 0.15) is 26.7 Å². The van der Waals surface area contributed by atoms with Crippen molar-refractivity contribution in [3.63, 3.8) is 0 Å². The van der Waals surface area contributed by atoms with Crippen molar-refractivity contribution < 1.29 is 13.9 Å². The van der Waals surface area contributed by atoms with Crippen molar-refractivity contribution in [2.75, 3.05) is 36.5 Å². The van der Waals surface area contributed by atoms with E-state index in [1.807, 2.05) is 13.8 Å². The van der Waals surface area contributed by atoms with Crippen molar-refractivity contribution in [2.24, 2.45) is 0 Å². The van der Waals surface area contributed by atoms with Crippen LogP contribution in [0.4, 0.5) is 20.4 Å². The van der Waals surface area contributed by atoms with Gasteiger partial charge in [-0.2, -0.15) is 0 Å². The Morgan fingerprint density at radius 3 is 2.63 bits per heavy atom. The highest BCUT2D eigenvalue weighted by Crippen LogP contribution is 2.22. The van der Waals surface area contributed by atoms with Gasteiger partial charge in [0.05, 0.1) is 0 Å². The van der Waals surface area contributed by atoms with Gasteiger partial charge in [0.25, 0.3) is 0 Å². The molecule has 0 amide bonds. The van der Waals surface area contributed by atoms with Gasteiger partial charge in [-0.05, 0) is 19.8 Å². The lowest BCUT2D eigenvalue weighted by atomic mass is 10.3. The number of aromatic nitrogens is 1. The summed E-state index contributed by atoms with van der Waals surface area (Å²) in [6.07, 6.45) is 1.35. The van der Waals surface area contributed by atoms with Crippen LogP contribution in [0.5, 0.6) is 0 Å². The van der Waals surface area contributed by atoms with Crippen molar-refractivity contribution in [2.45, 2.75) is 26.7 Å². The van der Waals surface area contributed by atoms with E-state index in [-0.39, 0.29) is 18.2 Å². The first-order valence-electron chi connectivity index (χ1n) is 6.59. The molecule has 0 saturated carbocycles. The molecule has 1 heterocycles. The van der Waals surface area contributed by atoms with Gasteiger partial charge in [0.15, 0.2) is 23.3 Å². The summed E-state index contributed by atoms with van der Waals surface area (Å²) in [6, 6.07) is 0.849. The summed E-state index contributed by atoms with van der Waals surface area (Å²) in [5, 5.41) is 11.7. The number of hydrogen-bond donors (Lipinski definition) is 2. The lowest BCUT2D eigenvalue weighted by Gasteiger charge is -2.22. The average molecular weight is 273 g/mol. The van der Waals surface area contributed by atoms with Gasteiger partial charge in [-0.25, -0.2) is 13.8 Å². The topological polar surface area (TPSA) is 48.4 Å². The summed E-state index contributed by atoms with van der Waals surface area (Å²) in [7, 11) is 0. The largest absolute Gasteiger partial charge is 0.396 e. The third-order valence-electron chi connectivity index (χ3n) is 2.72. The number of hydrogen-bond acceptors (Lipinski definition) is 4. The van der Waals surface area contributed by atoms with Gasteiger partial charge in [-0.15, -0.1) is 0 Å². The summed E-state index contributed by atoms with van der Waals surface area (Å²) in [5.41, 5.74) is 0. The molecule has 0 spiro atoms. The lowest BCUT2D eigenvalue weighted by Crippen LogP contribution is -2.27. The molecule has 108 valence electrons. The van der Waals surface area contributed by atoms with E-state index in [0.717, 1.165) is 12.5 Å². The van der Waals surface area contributed by atoms with Crippen molar-refractivity contribution in [3.05, 3.63) is 17.7 Å². The van der Waals surface area contributed by atoms with Crippen LogP contribution < -0.4 is 10.2 Å². The monoisotopic (exact) mass is 273 g/mol. The van der Waals surface area contributed by atoms with Crippen LogP contribution in [0.15, 0.2) is 6.07 Å². The molecule has 6 heteroatoms. The van der Waals surface area contributed by atoms with Crippen LogP contribution in [-0.4, -0.2) is 36.3 Å². The Bertz CT molecular complexity index is 402. The molecule has 0 radical (unpaired) electrons. The van der Waals surface area contributed by atoms with Crippen molar-refractivity contribution in [1.29, 1.82) is 0 Å². The molecule has 4 nitrogen and oxygen atoms in total. The van der Waals surface area contributed by atoms with Crippen LogP contribution in [0.25, 0.3) is 0 Å². The maximum atomic E-state index is 13.8. The number of rotatable bonds is 8. The van der Waals surface area contributed by atoms with E-state index in [4.69, 9.17) is 5.11 Å². The van der Waals surface area contributed by atoms with Crippen LogP contribution in [-0.2, 0) is 0 Å². The van der Waals surface area contributed by atoms with Crippen molar-refractivity contribution in [1.82, 2.24) is 4.98 Å². The Hall–Kier alpha value is -1.43. The molecule has 1 aromatic heterocycles. The Labute approximate surface area is 112 Å². The SMILES string of the molecule is CCCNc1nc(N(CC)CCCO)c(F)cc1F. The standard InChI is InChI=1S/C13H21F2N3O/c1-3-6-16-12-10(14)9-11(15)13(17-12)18(4-2)7-5-8-19/h9,19H,3-8H2,1-2H3,(H,16,17). The summed E-state index contributed by atoms with van der Waals surface area (Å²) in [5.74, 6) is -1.18. The van der Waals surface area contributed by atoms with Gasteiger partial charge in [-0.3, -0.25) is 0 Å². The summed E-state index contributed by atoms with van der Waals surface area (Å²) in [4.78, 5) is 5.70. The Kier molecular flexibility index (Phi) is 6.49. The van der Waals surface area contributed by atoms with Crippen molar-refractivity contribution in [3.8, 4) is 0 Å². The highest BCUT2D eigenvalue weighted by molar-refractivity contribution is 5.49. The zero-order chi connectivity index (χ0) is 14.3. The molecule has 0 saturated heterocycles. The summed E-state index contributed by atoms with van der Waals surface area (Å²) >= 11 is 0. The molecule has 0 aliphatic rings. The Morgan fingerprint density at radius 2 is 2.05 bits per heavy atom. The van der Waals surface area contributed by atoms with E-state index in [1.165, 1.54) is 0 Å². The van der Waals surface area contributed by atoms with Gasteiger partial charge in [0.1, 0.15) is 0 Å². The minimum Gasteiger partial charge on any atom is -0.396 e. The summed E-state index contributed by atoms with van der Waals surface area (Å²) in [6.45, 7) is 5.45. The van der Waals surface area contributed by atoms with E-state index >= 15 is 0 Å². The van der Waals surface area contributed by atoms with Crippen molar-refractivity contribution >= 4 is 11.6 Å². The maximum Gasteiger partial charge on any atom is 0.168 e. The first kappa shape index (κ1) is 15.6. The second-order valence-corrected chi connectivity index (χ2v) is 4.21. The zero-order valence-electron chi connectivity index (χ0n) is 11.4. The predicted octanol–water partition coefficient (Wildman–Crippen LogP) is 2.39. The zero-order valence-corrected chi connectivity index (χ0v) is 11.4. The molecule has 19 heavy (non-hydrogen) atoms. The third kappa shape index (κ3) is 4.31. The molecule has 1 rings (SSSR count). The van der Waals surface area contributed by atoms with Crippen LogP contribution in [0.2, 0.25) is 0 Å². The molecule has 0 aliphatic heterocycles. The summed E-state index contributed by atoms with van der Waals surface area (Å²) < 4.78 is 27.3. The van der Waals surface area contributed by atoms with Gasteiger partial charge in [0, 0.05) is 32.3 Å². The molecule has 0 aromatic carbocycles. The number of anilines is 2. The molecule has 0 bridgehead atoms. The number of aliphatic hydroxyl groups excluding tert-OH is 1. The number of nitrogens with one attached hydrogen (secondary N) is 1. The predicted molar refractivity (Wildman–Crippen MR) is 72.5 cm³/mol. The first-order chi connectivity index (χ1) is 9.13. The highest BCUT2D eigenvalue weighted by Gasteiger charge is 2.16. The quantitative estimate of drug-likeness (QED) is 0.763. The fraction of sp³-hybridized carbons (Fsp3) is 0.615. The van der Waals surface area contributed by atoms with E-state index in [1.54, 1.807) is 4.90 Å². The van der Waals surface area contributed by atoms with E-state index in [9.17, 15) is 8.78 Å². The van der Waals surface area contributed by atoms with E-state index in [0.29, 0.717) is 26.1 Å². The van der Waals surface area contributed by atoms with Crippen LogP contribution in [0, 0.1) is 11.6 Å². The molecular formula is C13H21F2N3O. The third-order valence-corrected chi connectivity index (χ3v) is 2.72. The first-order valence-corrected chi connectivity index (χ1v) is 6.59. The maximum absolute atomic E-state index is 13.8. The fourth-order valence-corrected chi connectivity index (χ4v) is 1.72. The fourth-order valence-electron chi connectivity index (χ4n) is 1.72. The lowest BCUT2D eigenvalue weighted by molar-refractivity contribution is 0.289. The molecule has 0 atom stereocenters. The number of halogens is 2. The van der Waals surface area contributed by atoms with Crippen LogP contribution >= 0.6 is 0 Å². The molecule has 0 fully saturated rings. The molecule has 0 unspecified atom stereocenters. The minimum atomic E-state index is -0.687. The highest BCUT2D eigenvalue weighted by atomic mass is 19.1. The minimum absolute atomic E-state index is 0.0280. The van der Waals surface area contributed by atoms with Crippen LogP contribution in [0.3, 0.4) is 0 Å². The van der Waals surface area contributed by atoms with Gasteiger partial charge in [0.2, 0.25) is 0 Å². The Morgan fingerprint density at radius 1 is 1.32 bits per heavy atom. The average Bonchev–Trinajstić information content (AvgIpc) is 2.40. The van der Waals surface area contributed by atoms with Gasteiger partial charge >= 0.3 is 0 Å². The molecule has 2 N–H and O–H groups in total. The number of nitrogens with zero attached hydrogens (tertiary/aromatic N) is 2. The second kappa shape index (κ2) is 7.89. The Balaban J connectivity index is 2.97. The molecule has 1 aromatic rings.